The first-order chi connectivity index (χ1) is 10.5. The van der Waals surface area contributed by atoms with Gasteiger partial charge in [0.1, 0.15) is 5.82 Å². The van der Waals surface area contributed by atoms with Crippen LogP contribution in [0.5, 0.6) is 0 Å². The molecule has 0 bridgehead atoms. The van der Waals surface area contributed by atoms with Gasteiger partial charge in [-0.1, -0.05) is 0 Å². The van der Waals surface area contributed by atoms with Gasteiger partial charge in [0.25, 0.3) is 0 Å². The first-order valence-electron chi connectivity index (χ1n) is 7.38. The molecule has 0 spiro atoms. The highest BCUT2D eigenvalue weighted by Crippen LogP contribution is 2.30. The molecule has 22 heavy (non-hydrogen) atoms. The van der Waals surface area contributed by atoms with Crippen LogP contribution < -0.4 is 0 Å². The number of carbonyl (C=O) groups excluding carboxylic acids is 2. The fourth-order valence-electron chi connectivity index (χ4n) is 3.52. The van der Waals surface area contributed by atoms with Gasteiger partial charge in [0, 0.05) is 36.7 Å². The molecule has 1 N–H and O–H groups in total. The Labute approximate surface area is 126 Å². The summed E-state index contributed by atoms with van der Waals surface area (Å²) in [5.74, 6) is -0.495. The zero-order valence-corrected chi connectivity index (χ0v) is 12.2. The van der Waals surface area contributed by atoms with Gasteiger partial charge in [-0.2, -0.15) is 0 Å². The summed E-state index contributed by atoms with van der Waals surface area (Å²) in [7, 11) is 1.53. The number of fused-ring (bicyclic) bond motifs is 3. The third kappa shape index (κ3) is 1.87. The van der Waals surface area contributed by atoms with Crippen molar-refractivity contribution in [3.8, 4) is 0 Å². The van der Waals surface area contributed by atoms with Crippen molar-refractivity contribution in [1.29, 1.82) is 0 Å². The maximum absolute atomic E-state index is 13.4. The fourth-order valence-corrected chi connectivity index (χ4v) is 3.52. The fraction of sp³-hybridized carbons (Fsp3) is 0.375. The van der Waals surface area contributed by atoms with Gasteiger partial charge in [-0.25, -0.2) is 4.39 Å². The lowest BCUT2D eigenvalue weighted by Crippen LogP contribution is -2.43. The van der Waals surface area contributed by atoms with Crippen molar-refractivity contribution < 1.29 is 14.0 Å². The summed E-state index contributed by atoms with van der Waals surface area (Å²) in [5.41, 5.74) is 3.05. The second-order valence-corrected chi connectivity index (χ2v) is 6.00. The summed E-state index contributed by atoms with van der Waals surface area (Å²) in [6.45, 7) is 1.29. The van der Waals surface area contributed by atoms with Gasteiger partial charge in [-0.15, -0.1) is 0 Å². The standard InChI is InChI=1S/C16H16FN3O2/c1-19-15(21)7-14(16(19)22)20-5-4-10-11-6-9(17)2-3-12(11)18-13(10)8-20/h2-3,6,14,18H,4-5,7-8H2,1H3/t14-/m1/s1. The Morgan fingerprint density at radius 3 is 2.86 bits per heavy atom. The molecule has 2 aliphatic rings. The zero-order chi connectivity index (χ0) is 15.4. The lowest BCUT2D eigenvalue weighted by Gasteiger charge is -2.30. The maximum Gasteiger partial charge on any atom is 0.246 e. The van der Waals surface area contributed by atoms with Crippen molar-refractivity contribution in [2.75, 3.05) is 13.6 Å². The molecule has 6 heteroatoms. The van der Waals surface area contributed by atoms with Crippen LogP contribution in [0.1, 0.15) is 17.7 Å². The smallest absolute Gasteiger partial charge is 0.246 e. The van der Waals surface area contributed by atoms with Gasteiger partial charge in [0.05, 0.1) is 12.5 Å². The third-order valence-corrected chi connectivity index (χ3v) is 4.77. The SMILES string of the molecule is CN1C(=O)C[C@@H](N2CCc3c([nH]c4ccc(F)cc34)C2)C1=O. The Morgan fingerprint density at radius 2 is 2.14 bits per heavy atom. The number of aromatic nitrogens is 1. The minimum absolute atomic E-state index is 0.125. The van der Waals surface area contributed by atoms with Crippen LogP contribution in [0.2, 0.25) is 0 Å². The summed E-state index contributed by atoms with van der Waals surface area (Å²) in [4.78, 5) is 30.4. The van der Waals surface area contributed by atoms with Crippen molar-refractivity contribution >= 4 is 22.7 Å². The van der Waals surface area contributed by atoms with Crippen molar-refractivity contribution in [3.05, 3.63) is 35.3 Å². The second-order valence-electron chi connectivity index (χ2n) is 6.00. The Hall–Kier alpha value is -2.21. The maximum atomic E-state index is 13.4. The average molecular weight is 301 g/mol. The number of nitrogens with zero attached hydrogens (tertiary/aromatic N) is 2. The van der Waals surface area contributed by atoms with Crippen molar-refractivity contribution in [1.82, 2.24) is 14.8 Å². The lowest BCUT2D eigenvalue weighted by molar-refractivity contribution is -0.138. The molecular weight excluding hydrogens is 285 g/mol. The quantitative estimate of drug-likeness (QED) is 0.811. The van der Waals surface area contributed by atoms with E-state index in [1.54, 1.807) is 12.1 Å². The van der Waals surface area contributed by atoms with E-state index >= 15 is 0 Å². The van der Waals surface area contributed by atoms with Crippen LogP contribution in [0.3, 0.4) is 0 Å². The lowest BCUT2D eigenvalue weighted by atomic mass is 10.0. The molecule has 1 fully saturated rings. The van der Waals surface area contributed by atoms with Gasteiger partial charge in [0.2, 0.25) is 11.8 Å². The number of aromatic amines is 1. The number of likely N-dealkylation sites (N-methyl/N-ethyl adjacent to an activating group) is 1. The molecule has 2 aliphatic heterocycles. The van der Waals surface area contributed by atoms with E-state index in [1.165, 1.54) is 18.0 Å². The molecule has 0 unspecified atom stereocenters. The summed E-state index contributed by atoms with van der Waals surface area (Å²) < 4.78 is 13.4. The highest BCUT2D eigenvalue weighted by atomic mass is 19.1. The van der Waals surface area contributed by atoms with E-state index in [0.717, 1.165) is 28.6 Å². The van der Waals surface area contributed by atoms with Crippen molar-refractivity contribution in [2.24, 2.45) is 0 Å². The molecule has 0 saturated carbocycles. The molecule has 2 amide bonds. The predicted octanol–water partition coefficient (Wildman–Crippen LogP) is 1.42. The van der Waals surface area contributed by atoms with Gasteiger partial charge in [-0.05, 0) is 30.2 Å². The molecule has 3 heterocycles. The van der Waals surface area contributed by atoms with E-state index < -0.39 is 0 Å². The Balaban J connectivity index is 1.66. The number of likely N-dealkylation sites (tertiary alicyclic amines) is 1. The zero-order valence-electron chi connectivity index (χ0n) is 12.2. The number of hydrogen-bond acceptors (Lipinski definition) is 3. The molecule has 5 nitrogen and oxygen atoms in total. The van der Waals surface area contributed by atoms with Crippen LogP contribution in [-0.2, 0) is 22.6 Å². The molecule has 114 valence electrons. The van der Waals surface area contributed by atoms with Gasteiger partial charge >= 0.3 is 0 Å². The first kappa shape index (κ1) is 13.5. The van der Waals surface area contributed by atoms with Crippen LogP contribution in [0.15, 0.2) is 18.2 Å². The van der Waals surface area contributed by atoms with Crippen LogP contribution in [-0.4, -0.2) is 46.2 Å². The number of benzene rings is 1. The van der Waals surface area contributed by atoms with Gasteiger partial charge in [-0.3, -0.25) is 19.4 Å². The van der Waals surface area contributed by atoms with Gasteiger partial charge in [0.15, 0.2) is 0 Å². The number of hydrogen-bond donors (Lipinski definition) is 1. The molecule has 1 atom stereocenters. The molecule has 1 saturated heterocycles. The van der Waals surface area contributed by atoms with E-state index in [4.69, 9.17) is 0 Å². The number of imide groups is 1. The number of amides is 2. The van der Waals surface area contributed by atoms with E-state index in [0.29, 0.717) is 13.1 Å². The highest BCUT2D eigenvalue weighted by Gasteiger charge is 2.41. The number of H-pyrrole nitrogens is 1. The number of halogens is 1. The summed E-state index contributed by atoms with van der Waals surface area (Å²) in [5, 5.41) is 0.917. The summed E-state index contributed by atoms with van der Waals surface area (Å²) in [6, 6.07) is 4.37. The number of carbonyl (C=O) groups is 2. The van der Waals surface area contributed by atoms with E-state index in [-0.39, 0.29) is 30.1 Å². The van der Waals surface area contributed by atoms with Crippen molar-refractivity contribution in [3.63, 3.8) is 0 Å². The molecule has 0 radical (unpaired) electrons. The minimum atomic E-state index is -0.367. The Kier molecular flexibility index (Phi) is 2.84. The van der Waals surface area contributed by atoms with Crippen molar-refractivity contribution in [2.45, 2.75) is 25.4 Å². The molecule has 0 aliphatic carbocycles. The molecule has 1 aromatic carbocycles. The van der Waals surface area contributed by atoms with Crippen LogP contribution in [0.4, 0.5) is 4.39 Å². The van der Waals surface area contributed by atoms with E-state index in [2.05, 4.69) is 4.98 Å². The van der Waals surface area contributed by atoms with Crippen LogP contribution >= 0.6 is 0 Å². The van der Waals surface area contributed by atoms with E-state index in [9.17, 15) is 14.0 Å². The predicted molar refractivity (Wildman–Crippen MR) is 78.6 cm³/mol. The number of rotatable bonds is 1. The number of nitrogens with one attached hydrogen (secondary N) is 1. The van der Waals surface area contributed by atoms with Gasteiger partial charge < -0.3 is 4.98 Å². The highest BCUT2D eigenvalue weighted by molar-refractivity contribution is 6.05. The normalized spacial score (nSPS) is 22.6. The Bertz CT molecular complexity index is 798. The first-order valence-corrected chi connectivity index (χ1v) is 7.38. The third-order valence-electron chi connectivity index (χ3n) is 4.77. The van der Waals surface area contributed by atoms with Crippen LogP contribution in [0.25, 0.3) is 10.9 Å². The minimum Gasteiger partial charge on any atom is -0.357 e. The van der Waals surface area contributed by atoms with E-state index in [1.807, 2.05) is 4.90 Å². The molecule has 1 aromatic heterocycles. The monoisotopic (exact) mass is 301 g/mol. The topological polar surface area (TPSA) is 56.4 Å². The summed E-state index contributed by atoms with van der Waals surface area (Å²) in [6.07, 6.45) is 1.000. The molecule has 2 aromatic rings. The van der Waals surface area contributed by atoms with Crippen LogP contribution in [0, 0.1) is 5.82 Å². The Morgan fingerprint density at radius 1 is 1.32 bits per heavy atom. The molecule has 4 rings (SSSR count). The average Bonchev–Trinajstić information content (AvgIpc) is 2.99. The summed E-state index contributed by atoms with van der Waals surface area (Å²) >= 11 is 0. The largest absolute Gasteiger partial charge is 0.357 e. The molecular formula is C16H16FN3O2. The second kappa shape index (κ2) is 4.64.